The van der Waals surface area contributed by atoms with E-state index < -0.39 is 5.82 Å². The van der Waals surface area contributed by atoms with Crippen LogP contribution in [-0.4, -0.2) is 15.7 Å². The van der Waals surface area contributed by atoms with Crippen molar-refractivity contribution < 1.29 is 9.18 Å². The van der Waals surface area contributed by atoms with Gasteiger partial charge in [0.15, 0.2) is 0 Å². The van der Waals surface area contributed by atoms with Gasteiger partial charge < -0.3 is 5.32 Å². The van der Waals surface area contributed by atoms with E-state index in [1.807, 2.05) is 24.3 Å². The molecule has 0 atom stereocenters. The van der Waals surface area contributed by atoms with E-state index in [-0.39, 0.29) is 11.5 Å². The minimum Gasteiger partial charge on any atom is -0.319 e. The molecule has 0 aliphatic heterocycles. The number of hydrogen-bond donors (Lipinski definition) is 1. The van der Waals surface area contributed by atoms with Crippen LogP contribution in [0.3, 0.4) is 0 Å². The number of benzene rings is 2. The second kappa shape index (κ2) is 6.62. The summed E-state index contributed by atoms with van der Waals surface area (Å²) >= 11 is 5.85. The van der Waals surface area contributed by atoms with Crippen molar-refractivity contribution in [2.45, 2.75) is 6.54 Å². The highest BCUT2D eigenvalue weighted by Gasteiger charge is 2.08. The van der Waals surface area contributed by atoms with Crippen molar-refractivity contribution in [3.63, 3.8) is 0 Å². The van der Waals surface area contributed by atoms with Crippen molar-refractivity contribution in [3.8, 4) is 0 Å². The van der Waals surface area contributed by atoms with Crippen LogP contribution in [0.1, 0.15) is 15.9 Å². The third kappa shape index (κ3) is 3.96. The molecule has 116 valence electrons. The molecule has 3 aromatic rings. The molecule has 0 aliphatic carbocycles. The van der Waals surface area contributed by atoms with Crippen LogP contribution >= 0.6 is 11.6 Å². The van der Waals surface area contributed by atoms with Gasteiger partial charge in [-0.05, 0) is 35.9 Å². The molecule has 4 nitrogen and oxygen atoms in total. The summed E-state index contributed by atoms with van der Waals surface area (Å²) in [6.45, 7) is 0.563. The molecular formula is C17H13ClFN3O. The molecule has 0 saturated heterocycles. The normalized spacial score (nSPS) is 10.5. The smallest absolute Gasteiger partial charge is 0.255 e. The molecule has 0 saturated carbocycles. The molecule has 0 fully saturated rings. The standard InChI is InChI=1S/C17H13ClFN3O/c18-14-6-4-12(5-7-14)10-22-11-16(9-20-22)21-17(23)13-2-1-3-15(19)8-13/h1-9,11H,10H2,(H,21,23). The van der Waals surface area contributed by atoms with E-state index in [9.17, 15) is 9.18 Å². The van der Waals surface area contributed by atoms with Crippen molar-refractivity contribution in [1.82, 2.24) is 9.78 Å². The number of aromatic nitrogens is 2. The lowest BCUT2D eigenvalue weighted by atomic mass is 10.2. The zero-order valence-electron chi connectivity index (χ0n) is 12.0. The lowest BCUT2D eigenvalue weighted by Crippen LogP contribution is -2.11. The Morgan fingerprint density at radius 3 is 2.74 bits per heavy atom. The Morgan fingerprint density at radius 1 is 1.22 bits per heavy atom. The van der Waals surface area contributed by atoms with Crippen molar-refractivity contribution in [3.05, 3.63) is 82.9 Å². The van der Waals surface area contributed by atoms with E-state index in [1.54, 1.807) is 23.1 Å². The molecule has 0 aliphatic rings. The van der Waals surface area contributed by atoms with Crippen molar-refractivity contribution >= 4 is 23.2 Å². The minimum absolute atomic E-state index is 0.260. The van der Waals surface area contributed by atoms with E-state index in [1.165, 1.54) is 18.2 Å². The van der Waals surface area contributed by atoms with Gasteiger partial charge in [0.2, 0.25) is 0 Å². The molecule has 1 heterocycles. The van der Waals surface area contributed by atoms with Crippen LogP contribution in [-0.2, 0) is 6.54 Å². The number of carbonyl (C=O) groups is 1. The third-order valence-electron chi connectivity index (χ3n) is 3.24. The monoisotopic (exact) mass is 329 g/mol. The summed E-state index contributed by atoms with van der Waals surface area (Å²) in [4.78, 5) is 12.0. The van der Waals surface area contributed by atoms with E-state index in [2.05, 4.69) is 10.4 Å². The van der Waals surface area contributed by atoms with Crippen LogP contribution in [0, 0.1) is 5.82 Å². The molecule has 0 radical (unpaired) electrons. The summed E-state index contributed by atoms with van der Waals surface area (Å²) in [6, 6.07) is 13.0. The van der Waals surface area contributed by atoms with Crippen LogP contribution in [0.15, 0.2) is 60.9 Å². The quantitative estimate of drug-likeness (QED) is 0.787. The topological polar surface area (TPSA) is 46.9 Å². The van der Waals surface area contributed by atoms with Gasteiger partial charge >= 0.3 is 0 Å². The van der Waals surface area contributed by atoms with E-state index in [4.69, 9.17) is 11.6 Å². The molecule has 1 aromatic heterocycles. The lowest BCUT2D eigenvalue weighted by molar-refractivity contribution is 0.102. The highest BCUT2D eigenvalue weighted by Crippen LogP contribution is 2.13. The van der Waals surface area contributed by atoms with Gasteiger partial charge in [-0.15, -0.1) is 0 Å². The molecule has 0 unspecified atom stereocenters. The Bertz CT molecular complexity index is 830. The van der Waals surface area contributed by atoms with Gasteiger partial charge in [0.25, 0.3) is 5.91 Å². The fourth-order valence-corrected chi connectivity index (χ4v) is 2.25. The highest BCUT2D eigenvalue weighted by atomic mass is 35.5. The molecular weight excluding hydrogens is 317 g/mol. The van der Waals surface area contributed by atoms with E-state index in [0.717, 1.165) is 5.56 Å². The minimum atomic E-state index is -0.448. The van der Waals surface area contributed by atoms with Gasteiger partial charge in [-0.3, -0.25) is 9.48 Å². The maximum Gasteiger partial charge on any atom is 0.255 e. The molecule has 6 heteroatoms. The van der Waals surface area contributed by atoms with Crippen molar-refractivity contribution in [2.24, 2.45) is 0 Å². The van der Waals surface area contributed by atoms with Crippen molar-refractivity contribution in [2.75, 3.05) is 5.32 Å². The van der Waals surface area contributed by atoms with Gasteiger partial charge in [0, 0.05) is 16.8 Å². The van der Waals surface area contributed by atoms with Crippen LogP contribution in [0.25, 0.3) is 0 Å². The highest BCUT2D eigenvalue weighted by molar-refractivity contribution is 6.30. The Balaban J connectivity index is 1.67. The molecule has 0 bridgehead atoms. The number of halogens is 2. The first-order valence-corrected chi connectivity index (χ1v) is 7.32. The average Bonchev–Trinajstić information content (AvgIpc) is 2.96. The lowest BCUT2D eigenvalue weighted by Gasteiger charge is -2.03. The van der Waals surface area contributed by atoms with E-state index in [0.29, 0.717) is 17.3 Å². The van der Waals surface area contributed by atoms with Crippen LogP contribution in [0.4, 0.5) is 10.1 Å². The number of nitrogens with zero attached hydrogens (tertiary/aromatic N) is 2. The number of amides is 1. The molecule has 1 N–H and O–H groups in total. The second-order valence-electron chi connectivity index (χ2n) is 5.02. The summed E-state index contributed by atoms with van der Waals surface area (Å²) < 4.78 is 14.8. The Hall–Kier alpha value is -2.66. The largest absolute Gasteiger partial charge is 0.319 e. The number of anilines is 1. The van der Waals surface area contributed by atoms with Crippen LogP contribution in [0.5, 0.6) is 0 Å². The molecule has 3 rings (SSSR count). The second-order valence-corrected chi connectivity index (χ2v) is 5.45. The van der Waals surface area contributed by atoms with Crippen LogP contribution in [0.2, 0.25) is 5.02 Å². The van der Waals surface area contributed by atoms with E-state index >= 15 is 0 Å². The maximum atomic E-state index is 13.1. The zero-order chi connectivity index (χ0) is 16.2. The summed E-state index contributed by atoms with van der Waals surface area (Å²) in [6.07, 6.45) is 3.26. The Labute approximate surface area is 137 Å². The predicted octanol–water partition coefficient (Wildman–Crippen LogP) is 3.98. The van der Waals surface area contributed by atoms with Gasteiger partial charge in [0.1, 0.15) is 5.82 Å². The summed E-state index contributed by atoms with van der Waals surface area (Å²) in [5.41, 5.74) is 1.85. The molecule has 1 amide bonds. The zero-order valence-corrected chi connectivity index (χ0v) is 12.8. The first-order valence-electron chi connectivity index (χ1n) is 6.94. The Morgan fingerprint density at radius 2 is 2.00 bits per heavy atom. The molecule has 23 heavy (non-hydrogen) atoms. The first-order chi connectivity index (χ1) is 11.1. The number of hydrogen-bond acceptors (Lipinski definition) is 2. The van der Waals surface area contributed by atoms with Gasteiger partial charge in [-0.2, -0.15) is 5.10 Å². The Kier molecular flexibility index (Phi) is 4.39. The summed E-state index contributed by atoms with van der Waals surface area (Å²) in [5.74, 6) is -0.827. The number of rotatable bonds is 4. The molecule has 2 aromatic carbocycles. The first kappa shape index (κ1) is 15.2. The van der Waals surface area contributed by atoms with Gasteiger partial charge in [0.05, 0.1) is 18.4 Å². The maximum absolute atomic E-state index is 13.1. The van der Waals surface area contributed by atoms with Crippen molar-refractivity contribution in [1.29, 1.82) is 0 Å². The number of nitrogens with one attached hydrogen (secondary N) is 1. The number of carbonyl (C=O) groups excluding carboxylic acids is 1. The third-order valence-corrected chi connectivity index (χ3v) is 3.49. The summed E-state index contributed by atoms with van der Waals surface area (Å²) in [7, 11) is 0. The van der Waals surface area contributed by atoms with Gasteiger partial charge in [-0.25, -0.2) is 4.39 Å². The van der Waals surface area contributed by atoms with Crippen LogP contribution < -0.4 is 5.32 Å². The fraction of sp³-hybridized carbons (Fsp3) is 0.0588. The fourth-order valence-electron chi connectivity index (χ4n) is 2.12. The van der Waals surface area contributed by atoms with Gasteiger partial charge in [-0.1, -0.05) is 29.8 Å². The SMILES string of the molecule is O=C(Nc1cnn(Cc2ccc(Cl)cc2)c1)c1cccc(F)c1. The summed E-state index contributed by atoms with van der Waals surface area (Å²) in [5, 5.41) is 7.56. The average molecular weight is 330 g/mol. The molecule has 0 spiro atoms. The predicted molar refractivity (Wildman–Crippen MR) is 87.1 cm³/mol.